The number of rotatable bonds is 2. The second kappa shape index (κ2) is 6.45. The molecule has 7 nitrogen and oxygen atoms in total. The largest absolute Gasteiger partial charge is 0.384 e. The first-order valence-electron chi connectivity index (χ1n) is 9.13. The molecule has 4 heterocycles. The quantitative estimate of drug-likeness (QED) is 0.586. The molecule has 0 unspecified atom stereocenters. The van der Waals surface area contributed by atoms with Gasteiger partial charge >= 0.3 is 0 Å². The van der Waals surface area contributed by atoms with E-state index < -0.39 is 0 Å². The normalized spacial score (nSPS) is 13.5. The minimum atomic E-state index is -0.0499. The first kappa shape index (κ1) is 16.4. The van der Waals surface area contributed by atoms with Gasteiger partial charge in [-0.05, 0) is 41.8 Å². The molecule has 4 aromatic rings. The summed E-state index contributed by atoms with van der Waals surface area (Å²) in [5.74, 6) is 0.794. The Kier molecular flexibility index (Phi) is 3.79. The lowest BCUT2D eigenvalue weighted by Crippen LogP contribution is -2.36. The number of anilines is 1. The molecule has 2 N–H and O–H groups in total. The predicted octanol–water partition coefficient (Wildman–Crippen LogP) is 2.57. The minimum absolute atomic E-state index is 0.0499. The van der Waals surface area contributed by atoms with Crippen molar-refractivity contribution in [1.82, 2.24) is 24.5 Å². The Labute approximate surface area is 161 Å². The molecular weight excluding hydrogens is 352 g/mol. The van der Waals surface area contributed by atoms with Crippen LogP contribution in [0.3, 0.4) is 0 Å². The zero-order valence-electron chi connectivity index (χ0n) is 15.1. The number of pyridine rings is 2. The second-order valence-corrected chi connectivity index (χ2v) is 6.83. The number of nitrogen functional groups attached to an aromatic ring is 1. The molecule has 0 bridgehead atoms. The van der Waals surface area contributed by atoms with Crippen LogP contribution in [0, 0.1) is 0 Å². The third-order valence-corrected chi connectivity index (χ3v) is 5.02. The molecule has 0 radical (unpaired) electrons. The molecule has 138 valence electrons. The smallest absolute Gasteiger partial charge is 0.254 e. The number of amides is 1. The zero-order chi connectivity index (χ0) is 19.1. The van der Waals surface area contributed by atoms with Gasteiger partial charge < -0.3 is 10.6 Å². The Morgan fingerprint density at radius 1 is 1.04 bits per heavy atom. The lowest BCUT2D eigenvalue weighted by Gasteiger charge is -2.29. The van der Waals surface area contributed by atoms with Crippen molar-refractivity contribution in [1.29, 1.82) is 0 Å². The summed E-state index contributed by atoms with van der Waals surface area (Å²) in [6, 6.07) is 17.2. The van der Waals surface area contributed by atoms with E-state index in [1.165, 1.54) is 15.6 Å². The number of nitrogens with two attached hydrogens (primary N) is 1. The summed E-state index contributed by atoms with van der Waals surface area (Å²) in [6.07, 6.45) is 2.54. The number of aromatic nitrogens is 4. The second-order valence-electron chi connectivity index (χ2n) is 6.83. The minimum Gasteiger partial charge on any atom is -0.384 e. The van der Waals surface area contributed by atoms with E-state index in [4.69, 9.17) is 5.73 Å². The van der Waals surface area contributed by atoms with Crippen LogP contribution in [0.4, 0.5) is 5.82 Å². The summed E-state index contributed by atoms with van der Waals surface area (Å²) >= 11 is 0. The first-order chi connectivity index (χ1) is 13.7. The number of hydrogen-bond donors (Lipinski definition) is 1. The third-order valence-electron chi connectivity index (χ3n) is 5.02. The highest BCUT2D eigenvalue weighted by Gasteiger charge is 2.23. The van der Waals surface area contributed by atoms with Gasteiger partial charge in [-0.15, -0.1) is 5.10 Å². The van der Waals surface area contributed by atoms with Gasteiger partial charge in [-0.1, -0.05) is 30.3 Å². The molecule has 1 amide bonds. The van der Waals surface area contributed by atoms with Crippen LogP contribution < -0.4 is 5.73 Å². The van der Waals surface area contributed by atoms with Crippen molar-refractivity contribution in [3.63, 3.8) is 0 Å². The average molecular weight is 370 g/mol. The van der Waals surface area contributed by atoms with Crippen molar-refractivity contribution in [3.8, 4) is 11.5 Å². The lowest BCUT2D eigenvalue weighted by atomic mass is 9.99. The molecule has 0 spiro atoms. The van der Waals surface area contributed by atoms with E-state index in [-0.39, 0.29) is 5.91 Å². The van der Waals surface area contributed by atoms with Gasteiger partial charge in [-0.3, -0.25) is 9.78 Å². The number of carbonyl (C=O) groups excluding carboxylic acids is 1. The monoisotopic (exact) mass is 370 g/mol. The van der Waals surface area contributed by atoms with E-state index in [1.54, 1.807) is 18.3 Å². The van der Waals surface area contributed by atoms with E-state index in [0.29, 0.717) is 41.6 Å². The summed E-state index contributed by atoms with van der Waals surface area (Å²) in [5, 5.41) is 4.42. The van der Waals surface area contributed by atoms with Crippen molar-refractivity contribution in [2.24, 2.45) is 0 Å². The van der Waals surface area contributed by atoms with Crippen LogP contribution in [0.25, 0.3) is 17.2 Å². The summed E-state index contributed by atoms with van der Waals surface area (Å²) in [4.78, 5) is 23.7. The van der Waals surface area contributed by atoms with Gasteiger partial charge in [0, 0.05) is 24.8 Å². The topological polar surface area (TPSA) is 89.4 Å². The molecule has 0 fully saturated rings. The fraction of sp³-hybridized carbons (Fsp3) is 0.143. The van der Waals surface area contributed by atoms with Gasteiger partial charge in [0.1, 0.15) is 11.5 Å². The maximum atomic E-state index is 13.1. The molecule has 28 heavy (non-hydrogen) atoms. The van der Waals surface area contributed by atoms with Gasteiger partial charge in [-0.25, -0.2) is 4.98 Å². The molecule has 7 heteroatoms. The van der Waals surface area contributed by atoms with Crippen molar-refractivity contribution in [3.05, 3.63) is 77.5 Å². The Hall–Kier alpha value is -3.74. The Morgan fingerprint density at radius 3 is 2.68 bits per heavy atom. The number of nitrogens with zero attached hydrogens (tertiary/aromatic N) is 5. The summed E-state index contributed by atoms with van der Waals surface area (Å²) in [6.45, 7) is 1.29. The molecule has 1 aliphatic rings. The molecule has 1 aromatic carbocycles. The standard InChI is InChI=1S/C21H18N6O/c22-18-11-16(21(28)26-10-8-14-5-1-2-6-15(14)13-26)12-19-24-20(25-27(18)19)17-7-3-4-9-23-17/h1-7,9,11-12H,8,10,13,22H2. The fourth-order valence-electron chi connectivity index (χ4n) is 3.59. The van der Waals surface area contributed by atoms with Gasteiger partial charge in [0.15, 0.2) is 5.65 Å². The maximum Gasteiger partial charge on any atom is 0.254 e. The molecule has 0 saturated carbocycles. The van der Waals surface area contributed by atoms with E-state index in [0.717, 1.165) is 6.42 Å². The van der Waals surface area contributed by atoms with E-state index >= 15 is 0 Å². The van der Waals surface area contributed by atoms with Crippen LogP contribution in [0.2, 0.25) is 0 Å². The molecular formula is C21H18N6O. The first-order valence-corrected chi connectivity index (χ1v) is 9.13. The SMILES string of the molecule is Nc1cc(C(=O)N2CCc3ccccc3C2)cc2nc(-c3ccccn3)nn12. The highest BCUT2D eigenvalue weighted by atomic mass is 16.2. The number of benzene rings is 1. The van der Waals surface area contributed by atoms with E-state index in [9.17, 15) is 4.79 Å². The van der Waals surface area contributed by atoms with Gasteiger partial charge in [-0.2, -0.15) is 4.52 Å². The van der Waals surface area contributed by atoms with E-state index in [2.05, 4.69) is 27.2 Å². The summed E-state index contributed by atoms with van der Waals surface area (Å²) < 4.78 is 1.53. The van der Waals surface area contributed by atoms with E-state index in [1.807, 2.05) is 35.2 Å². The molecule has 0 atom stereocenters. The fourth-order valence-corrected chi connectivity index (χ4v) is 3.59. The van der Waals surface area contributed by atoms with Crippen LogP contribution in [-0.4, -0.2) is 36.9 Å². The number of fused-ring (bicyclic) bond motifs is 2. The van der Waals surface area contributed by atoms with Crippen molar-refractivity contribution >= 4 is 17.4 Å². The summed E-state index contributed by atoms with van der Waals surface area (Å²) in [7, 11) is 0. The Bertz CT molecular complexity index is 1180. The summed E-state index contributed by atoms with van der Waals surface area (Å²) in [5.41, 5.74) is 10.4. The Balaban J connectivity index is 1.49. The molecule has 5 rings (SSSR count). The zero-order valence-corrected chi connectivity index (χ0v) is 15.1. The maximum absolute atomic E-state index is 13.1. The van der Waals surface area contributed by atoms with Crippen LogP contribution in [0.1, 0.15) is 21.5 Å². The average Bonchev–Trinajstić information content (AvgIpc) is 3.18. The number of carbonyl (C=O) groups is 1. The molecule has 0 aliphatic carbocycles. The van der Waals surface area contributed by atoms with Crippen molar-refractivity contribution < 1.29 is 4.79 Å². The molecule has 3 aromatic heterocycles. The third kappa shape index (κ3) is 2.77. The van der Waals surface area contributed by atoms with Gasteiger partial charge in [0.2, 0.25) is 5.82 Å². The van der Waals surface area contributed by atoms with Crippen molar-refractivity contribution in [2.75, 3.05) is 12.3 Å². The molecule has 1 aliphatic heterocycles. The highest BCUT2D eigenvalue weighted by Crippen LogP contribution is 2.22. The molecule has 0 saturated heterocycles. The lowest BCUT2D eigenvalue weighted by molar-refractivity contribution is 0.0734. The highest BCUT2D eigenvalue weighted by molar-refractivity contribution is 5.96. The van der Waals surface area contributed by atoms with Crippen LogP contribution in [-0.2, 0) is 13.0 Å². The van der Waals surface area contributed by atoms with Crippen LogP contribution in [0.15, 0.2) is 60.8 Å². The van der Waals surface area contributed by atoms with Gasteiger partial charge in [0.25, 0.3) is 5.91 Å². The van der Waals surface area contributed by atoms with Crippen molar-refractivity contribution in [2.45, 2.75) is 13.0 Å². The van der Waals surface area contributed by atoms with Gasteiger partial charge in [0.05, 0.1) is 0 Å². The Morgan fingerprint density at radius 2 is 1.86 bits per heavy atom. The van der Waals surface area contributed by atoms with Crippen LogP contribution in [0.5, 0.6) is 0 Å². The van der Waals surface area contributed by atoms with Crippen LogP contribution >= 0.6 is 0 Å². The predicted molar refractivity (Wildman–Crippen MR) is 106 cm³/mol. The number of hydrogen-bond acceptors (Lipinski definition) is 5.